The molecule has 0 saturated heterocycles. The van der Waals surface area contributed by atoms with Gasteiger partial charge in [-0.1, -0.05) is 42.5 Å². The zero-order valence-corrected chi connectivity index (χ0v) is 23.0. The van der Waals surface area contributed by atoms with Crippen LogP contribution in [0.25, 0.3) is 39.2 Å². The Morgan fingerprint density at radius 1 is 0.846 bits per heavy atom. The third-order valence-electron chi connectivity index (χ3n) is 8.09. The summed E-state index contributed by atoms with van der Waals surface area (Å²) >= 11 is 1.70. The molecule has 2 aromatic heterocycles. The lowest BCUT2D eigenvalue weighted by Gasteiger charge is -2.40. The molecule has 5 nitrogen and oxygen atoms in total. The van der Waals surface area contributed by atoms with Gasteiger partial charge in [0.05, 0.1) is 38.5 Å². The van der Waals surface area contributed by atoms with Crippen molar-refractivity contribution in [2.24, 2.45) is 0 Å². The molecule has 7 rings (SSSR count). The first-order valence-electron chi connectivity index (χ1n) is 12.8. The average Bonchev–Trinajstić information content (AvgIpc) is 3.60. The first kappa shape index (κ1) is 23.9. The molecule has 194 valence electrons. The molecule has 2 atom stereocenters. The first-order valence-corrected chi connectivity index (χ1v) is 13.7. The number of rotatable bonds is 6. The summed E-state index contributed by atoms with van der Waals surface area (Å²) in [6.45, 7) is 0. The minimum absolute atomic E-state index is 0.220. The lowest BCUT2D eigenvalue weighted by atomic mass is 9.73. The highest BCUT2D eigenvalue weighted by Crippen LogP contribution is 2.64. The van der Waals surface area contributed by atoms with Crippen molar-refractivity contribution in [2.45, 2.75) is 11.5 Å². The number of aromatic nitrogens is 1. The van der Waals surface area contributed by atoms with Gasteiger partial charge in [0.2, 0.25) is 0 Å². The van der Waals surface area contributed by atoms with Crippen LogP contribution in [-0.2, 0) is 15.1 Å². The van der Waals surface area contributed by atoms with E-state index in [9.17, 15) is 0 Å². The van der Waals surface area contributed by atoms with E-state index in [1.807, 2.05) is 24.3 Å². The van der Waals surface area contributed by atoms with Crippen LogP contribution >= 0.6 is 11.3 Å². The Balaban J connectivity index is 1.60. The van der Waals surface area contributed by atoms with E-state index in [1.54, 1.807) is 39.8 Å². The lowest BCUT2D eigenvalue weighted by Crippen LogP contribution is -2.38. The number of nitrogens with zero attached hydrogens (tertiary/aromatic N) is 1. The lowest BCUT2D eigenvalue weighted by molar-refractivity contribution is -0.0305. The van der Waals surface area contributed by atoms with Gasteiger partial charge in [-0.15, -0.1) is 0 Å². The molecule has 2 aliphatic rings. The number of hydrogen-bond acceptors (Lipinski definition) is 6. The van der Waals surface area contributed by atoms with Crippen molar-refractivity contribution in [1.29, 1.82) is 0 Å². The number of benzene rings is 3. The second-order valence-electron chi connectivity index (χ2n) is 9.75. The number of thiophene rings is 1. The number of methoxy groups -OCH3 is 4. The van der Waals surface area contributed by atoms with Crippen LogP contribution in [0.1, 0.15) is 28.3 Å². The normalized spacial score (nSPS) is 18.9. The molecular weight excluding hydrogens is 506 g/mol. The molecule has 2 unspecified atom stereocenters. The maximum Gasteiger partial charge on any atom is 0.168 e. The monoisotopic (exact) mass is 533 g/mol. The molecule has 39 heavy (non-hydrogen) atoms. The molecule has 3 aromatic carbocycles. The van der Waals surface area contributed by atoms with E-state index in [-0.39, 0.29) is 5.92 Å². The van der Waals surface area contributed by atoms with Crippen molar-refractivity contribution < 1.29 is 18.9 Å². The number of pyridine rings is 1. The van der Waals surface area contributed by atoms with E-state index in [2.05, 4.69) is 59.3 Å². The standard InChI is InChI=1S/C33H27NO4S/c1-35-26-11-7-9-24(32(26)37-3)28-29-23-8-5-6-10-25(23)34-31(28)30-22-13-12-19(20-14-15-39-18-20)16-21(22)17-27(36-2)33(29,30)38-4/h5-18,30H,1-4H3. The summed E-state index contributed by atoms with van der Waals surface area (Å²) in [7, 11) is 6.82. The maximum atomic E-state index is 6.62. The molecule has 5 aromatic rings. The second-order valence-corrected chi connectivity index (χ2v) is 10.5. The Kier molecular flexibility index (Phi) is 5.51. The van der Waals surface area contributed by atoms with E-state index >= 15 is 0 Å². The predicted molar refractivity (Wildman–Crippen MR) is 156 cm³/mol. The molecule has 0 aliphatic heterocycles. The molecule has 2 aliphatic carbocycles. The van der Waals surface area contributed by atoms with E-state index in [4.69, 9.17) is 23.9 Å². The van der Waals surface area contributed by atoms with Crippen molar-refractivity contribution in [3.8, 4) is 33.8 Å². The van der Waals surface area contributed by atoms with Crippen LogP contribution in [0, 0.1) is 0 Å². The Bertz CT molecular complexity index is 1770. The highest BCUT2D eigenvalue weighted by molar-refractivity contribution is 7.08. The molecule has 6 heteroatoms. The van der Waals surface area contributed by atoms with Crippen LogP contribution < -0.4 is 9.47 Å². The topological polar surface area (TPSA) is 49.8 Å². The Morgan fingerprint density at radius 2 is 1.72 bits per heavy atom. The van der Waals surface area contributed by atoms with Gasteiger partial charge in [-0.2, -0.15) is 11.3 Å². The van der Waals surface area contributed by atoms with Gasteiger partial charge in [0.15, 0.2) is 17.1 Å². The molecule has 2 heterocycles. The molecule has 0 fully saturated rings. The van der Waals surface area contributed by atoms with Gasteiger partial charge in [0.25, 0.3) is 0 Å². The number of hydrogen-bond donors (Lipinski definition) is 0. The molecular formula is C33H27NO4S. The van der Waals surface area contributed by atoms with E-state index in [0.29, 0.717) is 11.5 Å². The molecule has 2 bridgehead atoms. The van der Waals surface area contributed by atoms with Crippen molar-refractivity contribution in [3.63, 3.8) is 0 Å². The fourth-order valence-corrected chi connectivity index (χ4v) is 7.17. The van der Waals surface area contributed by atoms with Gasteiger partial charge in [-0.3, -0.25) is 4.98 Å². The van der Waals surface area contributed by atoms with Crippen molar-refractivity contribution in [1.82, 2.24) is 4.98 Å². The minimum Gasteiger partial charge on any atom is -0.498 e. The third-order valence-corrected chi connectivity index (χ3v) is 8.77. The second kappa shape index (κ2) is 8.97. The Morgan fingerprint density at radius 3 is 2.46 bits per heavy atom. The average molecular weight is 534 g/mol. The minimum atomic E-state index is -0.902. The van der Waals surface area contributed by atoms with E-state index < -0.39 is 5.60 Å². The molecule has 0 radical (unpaired) electrons. The summed E-state index contributed by atoms with van der Waals surface area (Å²) in [5.74, 6) is 1.86. The van der Waals surface area contributed by atoms with E-state index in [1.165, 1.54) is 11.1 Å². The van der Waals surface area contributed by atoms with E-state index in [0.717, 1.165) is 50.2 Å². The van der Waals surface area contributed by atoms with Crippen LogP contribution in [-0.4, -0.2) is 33.4 Å². The summed E-state index contributed by atoms with van der Waals surface area (Å²) in [4.78, 5) is 5.31. The Labute approximate surface area is 231 Å². The number of para-hydroxylation sites is 2. The first-order chi connectivity index (χ1) is 19.2. The summed E-state index contributed by atoms with van der Waals surface area (Å²) in [6.07, 6.45) is 2.13. The smallest absolute Gasteiger partial charge is 0.168 e. The van der Waals surface area contributed by atoms with Gasteiger partial charge < -0.3 is 18.9 Å². The predicted octanol–water partition coefficient (Wildman–Crippen LogP) is 7.64. The highest BCUT2D eigenvalue weighted by Gasteiger charge is 2.58. The summed E-state index contributed by atoms with van der Waals surface area (Å²) < 4.78 is 24.4. The van der Waals surface area contributed by atoms with Crippen LogP contribution in [0.4, 0.5) is 0 Å². The number of ether oxygens (including phenoxy) is 4. The summed E-state index contributed by atoms with van der Waals surface area (Å²) in [6, 6.07) is 23.0. The molecule has 0 spiro atoms. The quantitative estimate of drug-likeness (QED) is 0.225. The fraction of sp³-hybridized carbons (Fsp3) is 0.182. The van der Waals surface area contributed by atoms with Gasteiger partial charge in [0, 0.05) is 29.2 Å². The van der Waals surface area contributed by atoms with Gasteiger partial charge in [-0.25, -0.2) is 0 Å². The number of fused-ring (bicyclic) bond motifs is 9. The van der Waals surface area contributed by atoms with Crippen molar-refractivity contribution in [3.05, 3.63) is 106 Å². The fourth-order valence-electron chi connectivity index (χ4n) is 6.50. The van der Waals surface area contributed by atoms with Crippen molar-refractivity contribution >= 4 is 28.3 Å². The summed E-state index contributed by atoms with van der Waals surface area (Å²) in [5.41, 5.74) is 8.52. The SMILES string of the molecule is COC1=Cc2cc(-c3ccsc3)ccc2C2c3nc4ccccc4c(c3-c3cccc(OC)c3OC)C12OC. The van der Waals surface area contributed by atoms with Crippen LogP contribution in [0.3, 0.4) is 0 Å². The Hall–Kier alpha value is -4.13. The van der Waals surface area contributed by atoms with Gasteiger partial charge in [0.1, 0.15) is 5.76 Å². The zero-order chi connectivity index (χ0) is 26.7. The van der Waals surface area contributed by atoms with Crippen LogP contribution in [0.5, 0.6) is 11.5 Å². The van der Waals surface area contributed by atoms with Crippen molar-refractivity contribution in [2.75, 3.05) is 28.4 Å². The zero-order valence-electron chi connectivity index (χ0n) is 22.1. The van der Waals surface area contributed by atoms with Crippen LogP contribution in [0.15, 0.2) is 83.2 Å². The maximum absolute atomic E-state index is 6.62. The molecule has 0 amide bonds. The molecule has 0 N–H and O–H groups in total. The van der Waals surface area contributed by atoms with Crippen LogP contribution in [0.2, 0.25) is 0 Å². The van der Waals surface area contributed by atoms with Gasteiger partial charge >= 0.3 is 0 Å². The summed E-state index contributed by atoms with van der Waals surface area (Å²) in [5, 5.41) is 5.30. The highest BCUT2D eigenvalue weighted by atomic mass is 32.1. The third kappa shape index (κ3) is 3.19. The van der Waals surface area contributed by atoms with Gasteiger partial charge in [-0.05, 0) is 63.4 Å². The largest absolute Gasteiger partial charge is 0.498 e. The molecule has 0 saturated carbocycles.